The van der Waals surface area contributed by atoms with E-state index in [0.717, 1.165) is 25.8 Å². The van der Waals surface area contributed by atoms with E-state index in [9.17, 15) is 0 Å². The number of aliphatic hydroxyl groups is 1. The van der Waals surface area contributed by atoms with Crippen LogP contribution in [0.15, 0.2) is 24.3 Å². The molecule has 0 saturated heterocycles. The summed E-state index contributed by atoms with van der Waals surface area (Å²) >= 11 is 0. The van der Waals surface area contributed by atoms with E-state index in [4.69, 9.17) is 5.11 Å². The lowest BCUT2D eigenvalue weighted by atomic mass is 10.2. The smallest absolute Gasteiger partial charge is 0.0431 e. The summed E-state index contributed by atoms with van der Waals surface area (Å²) in [7, 11) is 2.12. The molecule has 0 aliphatic carbocycles. The molecule has 0 spiro atoms. The van der Waals surface area contributed by atoms with Crippen molar-refractivity contribution in [3.63, 3.8) is 0 Å². The molecule has 2 nitrogen and oxygen atoms in total. The highest BCUT2D eigenvalue weighted by Gasteiger charge is 1.99. The summed E-state index contributed by atoms with van der Waals surface area (Å²) in [5.41, 5.74) is 2.58. The van der Waals surface area contributed by atoms with E-state index in [2.05, 4.69) is 43.1 Å². The minimum atomic E-state index is 0.314. The van der Waals surface area contributed by atoms with E-state index >= 15 is 0 Å². The van der Waals surface area contributed by atoms with Gasteiger partial charge in [-0.15, -0.1) is 0 Å². The molecule has 0 atom stereocenters. The van der Waals surface area contributed by atoms with Gasteiger partial charge < -0.3 is 10.0 Å². The van der Waals surface area contributed by atoms with Crippen molar-refractivity contribution in [1.29, 1.82) is 0 Å². The van der Waals surface area contributed by atoms with Gasteiger partial charge >= 0.3 is 0 Å². The van der Waals surface area contributed by atoms with Crippen molar-refractivity contribution in [1.82, 2.24) is 0 Å². The Bertz CT molecular complexity index is 286. The molecule has 0 heterocycles. The van der Waals surface area contributed by atoms with E-state index in [0.29, 0.717) is 6.61 Å². The maximum Gasteiger partial charge on any atom is 0.0431 e. The fraction of sp³-hybridized carbons (Fsp3) is 0.538. The monoisotopic (exact) mass is 207 g/mol. The normalized spacial score (nSPS) is 10.3. The zero-order valence-electron chi connectivity index (χ0n) is 9.74. The van der Waals surface area contributed by atoms with Crippen molar-refractivity contribution in [2.24, 2.45) is 0 Å². The molecule has 0 aliphatic heterocycles. The van der Waals surface area contributed by atoms with Crippen LogP contribution >= 0.6 is 0 Å². The van der Waals surface area contributed by atoms with Crippen LogP contribution in [0.4, 0.5) is 5.69 Å². The van der Waals surface area contributed by atoms with Gasteiger partial charge in [-0.2, -0.15) is 0 Å². The summed E-state index contributed by atoms with van der Waals surface area (Å²) < 4.78 is 0. The molecule has 1 aromatic rings. The van der Waals surface area contributed by atoms with E-state index in [1.807, 2.05) is 0 Å². The first-order valence-electron chi connectivity index (χ1n) is 5.62. The Kier molecular flexibility index (Phi) is 5.19. The number of unbranched alkanes of at least 4 members (excludes halogenated alkanes) is 2. The molecule has 15 heavy (non-hydrogen) atoms. The first-order chi connectivity index (χ1) is 7.24. The van der Waals surface area contributed by atoms with Gasteiger partial charge in [0.1, 0.15) is 0 Å². The summed E-state index contributed by atoms with van der Waals surface area (Å²) in [6.07, 6.45) is 3.17. The van der Waals surface area contributed by atoms with Crippen LogP contribution < -0.4 is 4.90 Å². The Labute approximate surface area is 92.5 Å². The second-order valence-electron chi connectivity index (χ2n) is 4.04. The Balaban J connectivity index is 2.36. The third-order valence-corrected chi connectivity index (χ3v) is 2.59. The van der Waals surface area contributed by atoms with Gasteiger partial charge in [0.2, 0.25) is 0 Å². The molecule has 0 bridgehead atoms. The van der Waals surface area contributed by atoms with E-state index in [1.54, 1.807) is 0 Å². The zero-order chi connectivity index (χ0) is 11.1. The SMILES string of the molecule is Cc1cccc(N(C)CCCCCO)c1. The van der Waals surface area contributed by atoms with Gasteiger partial charge in [-0.3, -0.25) is 0 Å². The summed E-state index contributed by atoms with van der Waals surface area (Å²) in [6, 6.07) is 8.54. The number of benzene rings is 1. The Morgan fingerprint density at radius 2 is 2.00 bits per heavy atom. The molecule has 1 rings (SSSR count). The summed E-state index contributed by atoms with van der Waals surface area (Å²) in [5.74, 6) is 0. The second-order valence-corrected chi connectivity index (χ2v) is 4.04. The van der Waals surface area contributed by atoms with Crippen molar-refractivity contribution in [2.75, 3.05) is 25.1 Å². The molecule has 0 aliphatic rings. The van der Waals surface area contributed by atoms with Crippen molar-refractivity contribution in [2.45, 2.75) is 26.2 Å². The van der Waals surface area contributed by atoms with Gasteiger partial charge in [-0.1, -0.05) is 12.1 Å². The molecule has 2 heteroatoms. The van der Waals surface area contributed by atoms with Gasteiger partial charge in [0.15, 0.2) is 0 Å². The average Bonchev–Trinajstić information content (AvgIpc) is 2.24. The number of nitrogens with zero attached hydrogens (tertiary/aromatic N) is 1. The maximum absolute atomic E-state index is 8.67. The molecule has 0 radical (unpaired) electrons. The van der Waals surface area contributed by atoms with Gasteiger partial charge in [-0.05, 0) is 43.9 Å². The van der Waals surface area contributed by atoms with Crippen molar-refractivity contribution >= 4 is 5.69 Å². The molecule has 0 unspecified atom stereocenters. The van der Waals surface area contributed by atoms with Gasteiger partial charge in [0.25, 0.3) is 0 Å². The molecule has 84 valence electrons. The number of hydrogen-bond acceptors (Lipinski definition) is 2. The molecule has 0 amide bonds. The number of anilines is 1. The standard InChI is InChI=1S/C13H21NO/c1-12-7-6-8-13(11-12)14(2)9-4-3-5-10-15/h6-8,11,15H,3-5,9-10H2,1-2H3. The Morgan fingerprint density at radius 3 is 2.67 bits per heavy atom. The third kappa shape index (κ3) is 4.34. The maximum atomic E-state index is 8.67. The molecular weight excluding hydrogens is 186 g/mol. The molecule has 1 N–H and O–H groups in total. The van der Waals surface area contributed by atoms with E-state index in [1.165, 1.54) is 11.3 Å². The number of hydrogen-bond donors (Lipinski definition) is 1. The van der Waals surface area contributed by atoms with E-state index < -0.39 is 0 Å². The third-order valence-electron chi connectivity index (χ3n) is 2.59. The lowest BCUT2D eigenvalue weighted by Crippen LogP contribution is -2.18. The lowest BCUT2D eigenvalue weighted by molar-refractivity contribution is 0.283. The van der Waals surface area contributed by atoms with Crippen molar-refractivity contribution in [3.8, 4) is 0 Å². The molecule has 0 aromatic heterocycles. The molecule has 0 fully saturated rings. The summed E-state index contributed by atoms with van der Waals surface area (Å²) in [6.45, 7) is 3.49. The largest absolute Gasteiger partial charge is 0.396 e. The Hall–Kier alpha value is -1.02. The summed E-state index contributed by atoms with van der Waals surface area (Å²) in [5, 5.41) is 8.67. The predicted molar refractivity (Wildman–Crippen MR) is 65.4 cm³/mol. The fourth-order valence-corrected chi connectivity index (χ4v) is 1.63. The molecule has 0 saturated carbocycles. The number of aryl methyl sites for hydroxylation is 1. The fourth-order valence-electron chi connectivity index (χ4n) is 1.63. The molecule has 1 aromatic carbocycles. The highest BCUT2D eigenvalue weighted by Crippen LogP contribution is 2.14. The van der Waals surface area contributed by atoms with Crippen LogP contribution in [-0.2, 0) is 0 Å². The van der Waals surface area contributed by atoms with Gasteiger partial charge in [0.05, 0.1) is 0 Å². The molecular formula is C13H21NO. The number of aliphatic hydroxyl groups excluding tert-OH is 1. The zero-order valence-corrected chi connectivity index (χ0v) is 9.74. The minimum absolute atomic E-state index is 0.314. The van der Waals surface area contributed by atoms with E-state index in [-0.39, 0.29) is 0 Å². The van der Waals surface area contributed by atoms with Crippen molar-refractivity contribution < 1.29 is 5.11 Å². The second kappa shape index (κ2) is 6.46. The average molecular weight is 207 g/mol. The summed E-state index contributed by atoms with van der Waals surface area (Å²) in [4.78, 5) is 2.27. The minimum Gasteiger partial charge on any atom is -0.396 e. The predicted octanol–water partition coefficient (Wildman–Crippen LogP) is 2.59. The van der Waals surface area contributed by atoms with Crippen LogP contribution in [0.25, 0.3) is 0 Å². The van der Waals surface area contributed by atoms with Crippen LogP contribution in [0.1, 0.15) is 24.8 Å². The highest BCUT2D eigenvalue weighted by molar-refractivity contribution is 5.47. The quantitative estimate of drug-likeness (QED) is 0.725. The van der Waals surface area contributed by atoms with Gasteiger partial charge in [0, 0.05) is 25.9 Å². The van der Waals surface area contributed by atoms with Gasteiger partial charge in [-0.25, -0.2) is 0 Å². The first kappa shape index (κ1) is 12.1. The highest BCUT2D eigenvalue weighted by atomic mass is 16.2. The van der Waals surface area contributed by atoms with Crippen LogP contribution in [0, 0.1) is 6.92 Å². The van der Waals surface area contributed by atoms with Crippen LogP contribution in [-0.4, -0.2) is 25.3 Å². The topological polar surface area (TPSA) is 23.5 Å². The van der Waals surface area contributed by atoms with Crippen LogP contribution in [0.5, 0.6) is 0 Å². The van der Waals surface area contributed by atoms with Crippen molar-refractivity contribution in [3.05, 3.63) is 29.8 Å². The lowest BCUT2D eigenvalue weighted by Gasteiger charge is -2.19. The van der Waals surface area contributed by atoms with Crippen LogP contribution in [0.2, 0.25) is 0 Å². The number of rotatable bonds is 6. The van der Waals surface area contributed by atoms with Crippen LogP contribution in [0.3, 0.4) is 0 Å². The Morgan fingerprint density at radius 1 is 1.20 bits per heavy atom. The first-order valence-corrected chi connectivity index (χ1v) is 5.62.